The molecule has 0 radical (unpaired) electrons. The molecule has 0 aromatic heterocycles. The van der Waals surface area contributed by atoms with Gasteiger partial charge in [0.1, 0.15) is 0 Å². The summed E-state index contributed by atoms with van der Waals surface area (Å²) in [5.74, 6) is -0.135. The zero-order valence-corrected chi connectivity index (χ0v) is 8.80. The molecule has 5 heteroatoms. The molecule has 0 spiro atoms. The van der Waals surface area contributed by atoms with Crippen LogP contribution in [0.3, 0.4) is 0 Å². The quantitative estimate of drug-likeness (QED) is 0.698. The van der Waals surface area contributed by atoms with E-state index in [1.807, 2.05) is 6.92 Å². The average molecular weight is 195 g/mol. The molecule has 0 saturated heterocycles. The van der Waals surface area contributed by atoms with Crippen molar-refractivity contribution in [2.24, 2.45) is 0 Å². The lowest BCUT2D eigenvalue weighted by Gasteiger charge is -2.13. The summed E-state index contributed by atoms with van der Waals surface area (Å²) in [7, 11) is 0. The van der Waals surface area contributed by atoms with Gasteiger partial charge in [0.2, 0.25) is 12.4 Å². The Morgan fingerprint density at radius 2 is 2.09 bits per heavy atom. The van der Waals surface area contributed by atoms with Crippen LogP contribution in [-0.4, -0.2) is 18.3 Å². The maximum absolute atomic E-state index is 11.6. The fraction of sp³-hybridized carbons (Fsp3) is 0.833. The second-order valence-electron chi connectivity index (χ2n) is 2.06. The van der Waals surface area contributed by atoms with E-state index < -0.39 is 6.49 Å². The number of hydrogen-bond acceptors (Lipinski definition) is 3. The predicted octanol–water partition coefficient (Wildman–Crippen LogP) is 2.09. The third-order valence-corrected chi connectivity index (χ3v) is 6.16. The Kier molecular flexibility index (Phi) is 4.86. The third kappa shape index (κ3) is 3.82. The van der Waals surface area contributed by atoms with Gasteiger partial charge in [0, 0.05) is 12.6 Å². The molecular formula is C6H14NO2PS. The lowest BCUT2D eigenvalue weighted by molar-refractivity contribution is -0.119. The first-order chi connectivity index (χ1) is 5.08. The SMILES string of the molecule is CCC(=O)NP(=O)(CC)SC. The molecule has 11 heavy (non-hydrogen) atoms. The Bertz CT molecular complexity index is 175. The minimum absolute atomic E-state index is 0.135. The van der Waals surface area contributed by atoms with Crippen LogP contribution in [0.5, 0.6) is 0 Å². The molecule has 0 fully saturated rings. The maximum atomic E-state index is 11.6. The van der Waals surface area contributed by atoms with Gasteiger partial charge in [-0.3, -0.25) is 14.4 Å². The van der Waals surface area contributed by atoms with Crippen molar-refractivity contribution in [3.8, 4) is 0 Å². The summed E-state index contributed by atoms with van der Waals surface area (Å²) < 4.78 is 11.6. The molecule has 0 aliphatic rings. The topological polar surface area (TPSA) is 46.2 Å². The monoisotopic (exact) mass is 195 g/mol. The summed E-state index contributed by atoms with van der Waals surface area (Å²) in [5, 5.41) is 2.52. The first kappa shape index (κ1) is 11.1. The number of nitrogens with one attached hydrogen (secondary N) is 1. The highest BCUT2D eigenvalue weighted by Crippen LogP contribution is 2.52. The summed E-state index contributed by atoms with van der Waals surface area (Å²) >= 11 is 1.24. The van der Waals surface area contributed by atoms with Crippen molar-refractivity contribution >= 4 is 23.8 Å². The Morgan fingerprint density at radius 1 is 1.55 bits per heavy atom. The van der Waals surface area contributed by atoms with Crippen molar-refractivity contribution in [2.45, 2.75) is 20.3 Å². The second kappa shape index (κ2) is 4.83. The smallest absolute Gasteiger partial charge is 0.225 e. The summed E-state index contributed by atoms with van der Waals surface area (Å²) in [6.45, 7) is 1.12. The molecular weight excluding hydrogens is 181 g/mol. The number of rotatable bonds is 4. The van der Waals surface area contributed by atoms with Gasteiger partial charge < -0.3 is 0 Å². The van der Waals surface area contributed by atoms with Crippen molar-refractivity contribution in [1.29, 1.82) is 0 Å². The standard InChI is InChI=1S/C6H14NO2PS/c1-4-6(8)7-10(9,5-2)11-3/h4-5H2,1-3H3,(H,7,8,9). The van der Waals surface area contributed by atoms with Crippen molar-refractivity contribution < 1.29 is 9.36 Å². The van der Waals surface area contributed by atoms with Gasteiger partial charge in [0.25, 0.3) is 0 Å². The summed E-state index contributed by atoms with van der Waals surface area (Å²) in [5.41, 5.74) is 0. The Labute approximate surface area is 71.5 Å². The molecule has 0 bridgehead atoms. The van der Waals surface area contributed by atoms with Gasteiger partial charge in [-0.2, -0.15) is 0 Å². The molecule has 0 aromatic rings. The van der Waals surface area contributed by atoms with Crippen LogP contribution >= 0.6 is 17.9 Å². The Hall–Kier alpha value is 0.0500. The fourth-order valence-corrected chi connectivity index (χ4v) is 2.92. The van der Waals surface area contributed by atoms with Crippen LogP contribution in [0, 0.1) is 0 Å². The van der Waals surface area contributed by atoms with Crippen LogP contribution in [0.1, 0.15) is 20.3 Å². The van der Waals surface area contributed by atoms with Crippen molar-refractivity contribution in [3.05, 3.63) is 0 Å². The highest BCUT2D eigenvalue weighted by atomic mass is 32.7. The number of hydrogen-bond donors (Lipinski definition) is 1. The van der Waals surface area contributed by atoms with E-state index in [-0.39, 0.29) is 5.91 Å². The summed E-state index contributed by atoms with van der Waals surface area (Å²) in [6, 6.07) is 0. The largest absolute Gasteiger partial charge is 0.299 e. The van der Waals surface area contributed by atoms with Gasteiger partial charge in [0.05, 0.1) is 0 Å². The highest BCUT2D eigenvalue weighted by Gasteiger charge is 2.19. The average Bonchev–Trinajstić information content (AvgIpc) is 2.04. The minimum Gasteiger partial charge on any atom is -0.299 e. The van der Waals surface area contributed by atoms with Crippen LogP contribution in [0.15, 0.2) is 0 Å². The van der Waals surface area contributed by atoms with E-state index in [4.69, 9.17) is 0 Å². The third-order valence-electron chi connectivity index (χ3n) is 1.33. The predicted molar refractivity (Wildman–Crippen MR) is 50.1 cm³/mol. The van der Waals surface area contributed by atoms with Crippen LogP contribution < -0.4 is 5.09 Å². The van der Waals surface area contributed by atoms with Crippen LogP contribution in [0.2, 0.25) is 0 Å². The van der Waals surface area contributed by atoms with E-state index in [2.05, 4.69) is 5.09 Å². The van der Waals surface area contributed by atoms with Gasteiger partial charge in [0.15, 0.2) is 0 Å². The molecule has 0 rings (SSSR count). The molecule has 1 unspecified atom stereocenters. The van der Waals surface area contributed by atoms with Gasteiger partial charge >= 0.3 is 0 Å². The van der Waals surface area contributed by atoms with Crippen molar-refractivity contribution in [3.63, 3.8) is 0 Å². The molecule has 1 atom stereocenters. The van der Waals surface area contributed by atoms with Crippen molar-refractivity contribution in [2.75, 3.05) is 12.4 Å². The molecule has 0 aromatic carbocycles. The number of amides is 1. The zero-order valence-electron chi connectivity index (χ0n) is 7.09. The minimum atomic E-state index is -2.44. The van der Waals surface area contributed by atoms with E-state index in [9.17, 15) is 9.36 Å². The second-order valence-corrected chi connectivity index (χ2v) is 7.49. The van der Waals surface area contributed by atoms with Crippen LogP contribution in [0.4, 0.5) is 0 Å². The molecule has 0 aliphatic carbocycles. The molecule has 0 heterocycles. The number of carbonyl (C=O) groups excluding carboxylic acids is 1. The Morgan fingerprint density at radius 3 is 2.36 bits per heavy atom. The molecule has 66 valence electrons. The lowest BCUT2D eigenvalue weighted by atomic mass is 10.5. The molecule has 0 aliphatic heterocycles. The van der Waals surface area contributed by atoms with E-state index >= 15 is 0 Å². The number of carbonyl (C=O) groups is 1. The summed E-state index contributed by atoms with van der Waals surface area (Å²) in [4.78, 5) is 10.8. The zero-order chi connectivity index (χ0) is 8.91. The Balaban J connectivity index is 4.09. The molecule has 1 N–H and O–H groups in total. The normalized spacial score (nSPS) is 15.5. The van der Waals surface area contributed by atoms with Crippen molar-refractivity contribution in [1.82, 2.24) is 5.09 Å². The van der Waals surface area contributed by atoms with Gasteiger partial charge in [-0.1, -0.05) is 25.2 Å². The molecule has 0 saturated carbocycles. The highest BCUT2D eigenvalue weighted by molar-refractivity contribution is 8.57. The van der Waals surface area contributed by atoms with Gasteiger partial charge in [-0.15, -0.1) is 0 Å². The summed E-state index contributed by atoms with van der Waals surface area (Å²) in [6.07, 6.45) is 2.66. The molecule has 3 nitrogen and oxygen atoms in total. The lowest BCUT2D eigenvalue weighted by Crippen LogP contribution is -2.18. The maximum Gasteiger partial charge on any atom is 0.225 e. The first-order valence-corrected chi connectivity index (χ1v) is 7.26. The molecule has 1 amide bonds. The van der Waals surface area contributed by atoms with E-state index in [0.717, 1.165) is 0 Å². The van der Waals surface area contributed by atoms with E-state index in [1.165, 1.54) is 11.4 Å². The fourth-order valence-electron chi connectivity index (χ4n) is 0.523. The van der Waals surface area contributed by atoms with Crippen LogP contribution in [0.25, 0.3) is 0 Å². The van der Waals surface area contributed by atoms with E-state index in [0.29, 0.717) is 12.6 Å². The van der Waals surface area contributed by atoms with E-state index in [1.54, 1.807) is 13.2 Å². The first-order valence-electron chi connectivity index (χ1n) is 3.54. The van der Waals surface area contributed by atoms with Gasteiger partial charge in [-0.05, 0) is 6.26 Å². The van der Waals surface area contributed by atoms with Gasteiger partial charge in [-0.25, -0.2) is 0 Å². The van der Waals surface area contributed by atoms with Crippen LogP contribution in [-0.2, 0) is 9.36 Å².